The lowest BCUT2D eigenvalue weighted by molar-refractivity contribution is 0.0124. The Morgan fingerprint density at radius 2 is 1.90 bits per heavy atom. The molecule has 0 spiro atoms. The summed E-state index contributed by atoms with van der Waals surface area (Å²) in [6.45, 7) is 8.56. The van der Waals surface area contributed by atoms with Gasteiger partial charge in [-0.3, -0.25) is 0 Å². The number of rotatable bonds is 9. The van der Waals surface area contributed by atoms with Gasteiger partial charge in [0.1, 0.15) is 0 Å². The molecule has 1 aromatic rings. The molecule has 0 bridgehead atoms. The zero-order valence-electron chi connectivity index (χ0n) is 13.2. The second-order valence-electron chi connectivity index (χ2n) is 5.96. The first-order valence-corrected chi connectivity index (χ1v) is 7.87. The summed E-state index contributed by atoms with van der Waals surface area (Å²) < 4.78 is 5.53. The third-order valence-electron chi connectivity index (χ3n) is 3.81. The molecule has 0 fully saturated rings. The van der Waals surface area contributed by atoms with Gasteiger partial charge < -0.3 is 10.1 Å². The van der Waals surface area contributed by atoms with E-state index in [1.807, 2.05) is 12.1 Å². The molecule has 1 N–H and O–H groups in total. The Hall–Kier alpha value is -0.570. The number of ether oxygens (including phenoxy) is 1. The molecule has 1 atom stereocenters. The van der Waals surface area contributed by atoms with Crippen molar-refractivity contribution in [3.63, 3.8) is 0 Å². The molecule has 0 amide bonds. The minimum absolute atomic E-state index is 0.0601. The fourth-order valence-electron chi connectivity index (χ4n) is 2.20. The largest absolute Gasteiger partial charge is 0.379 e. The lowest BCUT2D eigenvalue weighted by atomic mass is 9.89. The van der Waals surface area contributed by atoms with Gasteiger partial charge in [0, 0.05) is 18.7 Å². The molecule has 1 unspecified atom stereocenters. The zero-order valence-corrected chi connectivity index (χ0v) is 14.0. The molecule has 0 aromatic heterocycles. The maximum Gasteiger partial charge on any atom is 0.0623 e. The standard InChI is InChI=1S/C17H28ClNO/c1-5-12-19-13-15(10-11-17(2,3)20-4)14-6-8-16(18)9-7-14/h6-9,15,19H,5,10-13H2,1-4H3. The van der Waals surface area contributed by atoms with Crippen molar-refractivity contribution in [3.8, 4) is 0 Å². The number of nitrogens with one attached hydrogen (secondary N) is 1. The minimum Gasteiger partial charge on any atom is -0.379 e. The van der Waals surface area contributed by atoms with Crippen molar-refractivity contribution in [2.45, 2.75) is 51.6 Å². The predicted octanol–water partition coefficient (Wildman–Crippen LogP) is 4.63. The average Bonchev–Trinajstić information content (AvgIpc) is 2.44. The molecule has 20 heavy (non-hydrogen) atoms. The summed E-state index contributed by atoms with van der Waals surface area (Å²) in [6, 6.07) is 8.23. The van der Waals surface area contributed by atoms with E-state index in [9.17, 15) is 0 Å². The van der Waals surface area contributed by atoms with Crippen LogP contribution in [0.4, 0.5) is 0 Å². The minimum atomic E-state index is -0.0601. The van der Waals surface area contributed by atoms with Crippen LogP contribution in [0, 0.1) is 0 Å². The molecule has 0 aliphatic carbocycles. The summed E-state index contributed by atoms with van der Waals surface area (Å²) in [5.74, 6) is 0.508. The fraction of sp³-hybridized carbons (Fsp3) is 0.647. The topological polar surface area (TPSA) is 21.3 Å². The van der Waals surface area contributed by atoms with E-state index < -0.39 is 0 Å². The second kappa shape index (κ2) is 8.66. The lowest BCUT2D eigenvalue weighted by Crippen LogP contribution is -2.27. The first kappa shape index (κ1) is 17.5. The normalized spacial score (nSPS) is 13.4. The third kappa shape index (κ3) is 6.25. The zero-order chi connectivity index (χ0) is 15.0. The summed E-state index contributed by atoms with van der Waals surface area (Å²) in [4.78, 5) is 0. The average molecular weight is 298 g/mol. The molecule has 0 aliphatic heterocycles. The van der Waals surface area contributed by atoms with Gasteiger partial charge in [-0.25, -0.2) is 0 Å². The Bertz CT molecular complexity index is 375. The molecule has 114 valence electrons. The molecule has 1 rings (SSSR count). The van der Waals surface area contributed by atoms with Gasteiger partial charge in [-0.2, -0.15) is 0 Å². The molecular formula is C17H28ClNO. The maximum absolute atomic E-state index is 5.98. The Balaban J connectivity index is 2.66. The summed E-state index contributed by atoms with van der Waals surface area (Å²) in [6.07, 6.45) is 3.32. The van der Waals surface area contributed by atoms with Crippen molar-refractivity contribution >= 4 is 11.6 Å². The first-order valence-electron chi connectivity index (χ1n) is 7.50. The summed E-state index contributed by atoms with van der Waals surface area (Å²) in [5.41, 5.74) is 1.29. The van der Waals surface area contributed by atoms with Crippen LogP contribution in [-0.2, 0) is 4.74 Å². The van der Waals surface area contributed by atoms with Crippen LogP contribution in [0.15, 0.2) is 24.3 Å². The van der Waals surface area contributed by atoms with Crippen LogP contribution in [0.3, 0.4) is 0 Å². The summed E-state index contributed by atoms with van der Waals surface area (Å²) in [5, 5.41) is 4.33. The van der Waals surface area contributed by atoms with Crippen molar-refractivity contribution in [1.82, 2.24) is 5.32 Å². The smallest absolute Gasteiger partial charge is 0.0623 e. The predicted molar refractivity (Wildman–Crippen MR) is 87.7 cm³/mol. The summed E-state index contributed by atoms with van der Waals surface area (Å²) >= 11 is 5.98. The third-order valence-corrected chi connectivity index (χ3v) is 4.06. The van der Waals surface area contributed by atoms with Crippen LogP contribution >= 0.6 is 11.6 Å². The van der Waals surface area contributed by atoms with E-state index in [0.717, 1.165) is 37.4 Å². The van der Waals surface area contributed by atoms with Crippen molar-refractivity contribution in [1.29, 1.82) is 0 Å². The van der Waals surface area contributed by atoms with E-state index in [2.05, 4.69) is 38.2 Å². The van der Waals surface area contributed by atoms with Crippen molar-refractivity contribution in [2.75, 3.05) is 20.2 Å². The van der Waals surface area contributed by atoms with Gasteiger partial charge in [0.15, 0.2) is 0 Å². The molecule has 3 heteroatoms. The van der Waals surface area contributed by atoms with E-state index in [0.29, 0.717) is 5.92 Å². The Kier molecular flexibility index (Phi) is 7.57. The molecule has 0 radical (unpaired) electrons. The highest BCUT2D eigenvalue weighted by molar-refractivity contribution is 6.30. The monoisotopic (exact) mass is 297 g/mol. The Labute approximate surface area is 128 Å². The van der Waals surface area contributed by atoms with Gasteiger partial charge in [0.2, 0.25) is 0 Å². The molecule has 1 aromatic carbocycles. The van der Waals surface area contributed by atoms with Gasteiger partial charge >= 0.3 is 0 Å². The van der Waals surface area contributed by atoms with Gasteiger partial charge in [-0.15, -0.1) is 0 Å². The van der Waals surface area contributed by atoms with Gasteiger partial charge in [-0.1, -0.05) is 30.7 Å². The van der Waals surface area contributed by atoms with Crippen molar-refractivity contribution in [2.24, 2.45) is 0 Å². The molecule has 0 saturated carbocycles. The van der Waals surface area contributed by atoms with E-state index in [-0.39, 0.29) is 5.60 Å². The highest BCUT2D eigenvalue weighted by atomic mass is 35.5. The second-order valence-corrected chi connectivity index (χ2v) is 6.39. The number of halogens is 1. The van der Waals surface area contributed by atoms with Crippen molar-refractivity contribution in [3.05, 3.63) is 34.9 Å². The van der Waals surface area contributed by atoms with E-state index in [1.165, 1.54) is 5.56 Å². The van der Waals surface area contributed by atoms with Crippen LogP contribution in [0.25, 0.3) is 0 Å². The van der Waals surface area contributed by atoms with Crippen LogP contribution < -0.4 is 5.32 Å². The number of hydrogen-bond donors (Lipinski definition) is 1. The number of methoxy groups -OCH3 is 1. The first-order chi connectivity index (χ1) is 9.48. The van der Waals surface area contributed by atoms with E-state index in [4.69, 9.17) is 16.3 Å². The van der Waals surface area contributed by atoms with Gasteiger partial charge in [0.25, 0.3) is 0 Å². The maximum atomic E-state index is 5.98. The highest BCUT2D eigenvalue weighted by Crippen LogP contribution is 2.27. The van der Waals surface area contributed by atoms with Crippen LogP contribution in [0.5, 0.6) is 0 Å². The molecule has 2 nitrogen and oxygen atoms in total. The molecule has 0 heterocycles. The van der Waals surface area contributed by atoms with Crippen molar-refractivity contribution < 1.29 is 4.74 Å². The summed E-state index contributed by atoms with van der Waals surface area (Å²) in [7, 11) is 1.78. The van der Waals surface area contributed by atoms with Crippen LogP contribution in [-0.4, -0.2) is 25.8 Å². The van der Waals surface area contributed by atoms with E-state index in [1.54, 1.807) is 7.11 Å². The van der Waals surface area contributed by atoms with Gasteiger partial charge in [-0.05, 0) is 63.3 Å². The lowest BCUT2D eigenvalue weighted by Gasteiger charge is -2.26. The SMILES string of the molecule is CCCNCC(CCC(C)(C)OC)c1ccc(Cl)cc1. The fourth-order valence-corrected chi connectivity index (χ4v) is 2.32. The van der Waals surface area contributed by atoms with Crippen LogP contribution in [0.2, 0.25) is 5.02 Å². The Morgan fingerprint density at radius 3 is 2.45 bits per heavy atom. The quantitative estimate of drug-likeness (QED) is 0.671. The number of benzene rings is 1. The van der Waals surface area contributed by atoms with E-state index >= 15 is 0 Å². The molecular weight excluding hydrogens is 270 g/mol. The van der Waals surface area contributed by atoms with Gasteiger partial charge in [0.05, 0.1) is 5.60 Å². The Morgan fingerprint density at radius 1 is 1.25 bits per heavy atom. The van der Waals surface area contributed by atoms with Crippen LogP contribution in [0.1, 0.15) is 51.5 Å². The molecule has 0 aliphatic rings. The highest BCUT2D eigenvalue weighted by Gasteiger charge is 2.20. The number of hydrogen-bond acceptors (Lipinski definition) is 2. The molecule has 0 saturated heterocycles.